The van der Waals surface area contributed by atoms with E-state index >= 15 is 0 Å². The van der Waals surface area contributed by atoms with Crippen molar-refractivity contribution in [2.45, 2.75) is 43.9 Å². The van der Waals surface area contributed by atoms with E-state index in [-0.39, 0.29) is 11.3 Å². The number of aromatic nitrogens is 2. The van der Waals surface area contributed by atoms with Crippen LogP contribution in [-0.2, 0) is 5.41 Å². The lowest BCUT2D eigenvalue weighted by atomic mass is 9.53. The van der Waals surface area contributed by atoms with E-state index in [1.165, 1.54) is 0 Å². The number of nitrogens with one attached hydrogen (secondary N) is 1. The second kappa shape index (κ2) is 6.12. The molecule has 3 aliphatic rings. The molecule has 6 nitrogen and oxygen atoms in total. The van der Waals surface area contributed by atoms with Crippen LogP contribution < -0.4 is 11.1 Å². The number of nitrogens with two attached hydrogens (primary N) is 1. The Bertz CT molecular complexity index is 779. The van der Waals surface area contributed by atoms with Gasteiger partial charge in [-0.3, -0.25) is 4.79 Å². The summed E-state index contributed by atoms with van der Waals surface area (Å²) in [5.74, 6) is -0.0769. The third kappa shape index (κ3) is 3.05. The fraction of sp³-hybridized carbons (Fsp3) is 0.500. The van der Waals surface area contributed by atoms with Crippen LogP contribution in [0.15, 0.2) is 33.3 Å². The van der Waals surface area contributed by atoms with Gasteiger partial charge in [0.05, 0.1) is 0 Å². The Labute approximate surface area is 154 Å². The number of benzene rings is 1. The van der Waals surface area contributed by atoms with Crippen LogP contribution in [0.3, 0.4) is 0 Å². The summed E-state index contributed by atoms with van der Waals surface area (Å²) in [5.41, 5.74) is 6.67. The van der Waals surface area contributed by atoms with E-state index in [4.69, 9.17) is 10.3 Å². The highest BCUT2D eigenvalue weighted by Crippen LogP contribution is 2.57. The molecule has 0 spiro atoms. The zero-order chi connectivity index (χ0) is 17.5. The van der Waals surface area contributed by atoms with Crippen LogP contribution in [0.4, 0.5) is 5.69 Å². The standard InChI is InChI=1S/C18H21BrN4O2/c19-12-2-1-3-13(10-12)21-11-17-4-7-18(8-5-17,9-6-17)16-22-15(14(20)24)25-23-16/h1-3,10,21H,4-9,11H2,(H2,20,24). The van der Waals surface area contributed by atoms with Gasteiger partial charge in [-0.15, -0.1) is 0 Å². The number of rotatable bonds is 5. The van der Waals surface area contributed by atoms with Crippen LogP contribution in [0, 0.1) is 5.41 Å². The first-order chi connectivity index (χ1) is 12.0. The Morgan fingerprint density at radius 3 is 2.56 bits per heavy atom. The summed E-state index contributed by atoms with van der Waals surface area (Å²) in [4.78, 5) is 15.5. The number of fused-ring (bicyclic) bond motifs is 3. The quantitative estimate of drug-likeness (QED) is 0.792. The Morgan fingerprint density at radius 2 is 1.96 bits per heavy atom. The molecule has 1 amide bonds. The summed E-state index contributed by atoms with van der Waals surface area (Å²) in [6.45, 7) is 0.984. The third-order valence-electron chi connectivity index (χ3n) is 6.00. The van der Waals surface area contributed by atoms with Crippen molar-refractivity contribution in [2.24, 2.45) is 11.1 Å². The molecule has 3 N–H and O–H groups in total. The molecule has 1 heterocycles. The van der Waals surface area contributed by atoms with Gasteiger partial charge < -0.3 is 15.6 Å². The molecule has 132 valence electrons. The van der Waals surface area contributed by atoms with Crippen molar-refractivity contribution in [3.63, 3.8) is 0 Å². The number of hydrogen-bond donors (Lipinski definition) is 2. The third-order valence-corrected chi connectivity index (χ3v) is 6.50. The van der Waals surface area contributed by atoms with Gasteiger partial charge in [0.1, 0.15) is 0 Å². The van der Waals surface area contributed by atoms with Crippen LogP contribution in [0.2, 0.25) is 0 Å². The molecule has 0 aliphatic heterocycles. The highest BCUT2D eigenvalue weighted by Gasteiger charge is 2.51. The van der Waals surface area contributed by atoms with Crippen LogP contribution >= 0.6 is 15.9 Å². The second-order valence-corrected chi connectivity index (χ2v) is 8.35. The molecule has 0 unspecified atom stereocenters. The SMILES string of the molecule is NC(=O)c1nc(C23CCC(CNc4cccc(Br)c4)(CC2)CC3)no1. The first-order valence-electron chi connectivity index (χ1n) is 8.64. The predicted molar refractivity (Wildman–Crippen MR) is 97.3 cm³/mol. The maximum Gasteiger partial charge on any atom is 0.315 e. The maximum absolute atomic E-state index is 11.2. The minimum Gasteiger partial charge on any atom is -0.384 e. The van der Waals surface area contributed by atoms with Gasteiger partial charge in [0.15, 0.2) is 5.82 Å². The highest BCUT2D eigenvalue weighted by molar-refractivity contribution is 9.10. The normalized spacial score (nSPS) is 28.0. The van der Waals surface area contributed by atoms with Crippen molar-refractivity contribution in [1.29, 1.82) is 0 Å². The predicted octanol–water partition coefficient (Wildman–Crippen LogP) is 3.64. The van der Waals surface area contributed by atoms with E-state index in [1.54, 1.807) is 0 Å². The molecule has 3 saturated carbocycles. The molecule has 0 saturated heterocycles. The lowest BCUT2D eigenvalue weighted by molar-refractivity contribution is 0.0445. The van der Waals surface area contributed by atoms with Crippen LogP contribution in [0.25, 0.3) is 0 Å². The number of amides is 1. The molecule has 3 aliphatic carbocycles. The molecule has 2 bridgehead atoms. The lowest BCUT2D eigenvalue weighted by Gasteiger charge is -2.52. The fourth-order valence-corrected chi connectivity index (χ4v) is 4.69. The number of halogens is 1. The smallest absolute Gasteiger partial charge is 0.315 e. The Kier molecular flexibility index (Phi) is 4.06. The van der Waals surface area contributed by atoms with Gasteiger partial charge in [0.25, 0.3) is 0 Å². The number of nitrogens with zero attached hydrogens (tertiary/aromatic N) is 2. The molecule has 25 heavy (non-hydrogen) atoms. The fourth-order valence-electron chi connectivity index (χ4n) is 4.29. The summed E-state index contributed by atoms with van der Waals surface area (Å²) in [7, 11) is 0. The molecule has 2 aromatic rings. The van der Waals surface area contributed by atoms with Crippen molar-refractivity contribution < 1.29 is 9.32 Å². The van der Waals surface area contributed by atoms with E-state index < -0.39 is 5.91 Å². The summed E-state index contributed by atoms with van der Waals surface area (Å²) >= 11 is 3.52. The zero-order valence-corrected chi connectivity index (χ0v) is 15.5. The topological polar surface area (TPSA) is 94.0 Å². The number of hydrogen-bond acceptors (Lipinski definition) is 5. The largest absolute Gasteiger partial charge is 0.384 e. The van der Waals surface area contributed by atoms with E-state index in [1.807, 2.05) is 12.1 Å². The number of carbonyl (C=O) groups is 1. The van der Waals surface area contributed by atoms with Gasteiger partial charge in [-0.25, -0.2) is 0 Å². The van der Waals surface area contributed by atoms with Gasteiger partial charge in [-0.2, -0.15) is 4.98 Å². The van der Waals surface area contributed by atoms with Crippen molar-refractivity contribution in [1.82, 2.24) is 10.1 Å². The highest BCUT2D eigenvalue weighted by atomic mass is 79.9. The summed E-state index contributed by atoms with van der Waals surface area (Å²) in [6.07, 6.45) is 6.50. The van der Waals surface area contributed by atoms with E-state index in [2.05, 4.69) is 43.5 Å². The van der Waals surface area contributed by atoms with Crippen molar-refractivity contribution in [3.05, 3.63) is 40.5 Å². The average molecular weight is 405 g/mol. The van der Waals surface area contributed by atoms with Gasteiger partial charge >= 0.3 is 11.8 Å². The monoisotopic (exact) mass is 404 g/mol. The summed E-state index contributed by atoms with van der Waals surface area (Å²) in [6, 6.07) is 8.28. The van der Waals surface area contributed by atoms with Gasteiger partial charge in [-0.05, 0) is 62.1 Å². The minimum atomic E-state index is -0.658. The van der Waals surface area contributed by atoms with E-state index in [0.717, 1.165) is 55.2 Å². The number of primary amides is 1. The molecular formula is C18H21BrN4O2. The van der Waals surface area contributed by atoms with Crippen LogP contribution in [-0.4, -0.2) is 22.6 Å². The molecule has 3 fully saturated rings. The second-order valence-electron chi connectivity index (χ2n) is 7.43. The van der Waals surface area contributed by atoms with E-state index in [0.29, 0.717) is 11.2 Å². The number of anilines is 1. The summed E-state index contributed by atoms with van der Waals surface area (Å²) < 4.78 is 6.10. The van der Waals surface area contributed by atoms with Gasteiger partial charge in [0.2, 0.25) is 0 Å². The maximum atomic E-state index is 11.2. The Hall–Kier alpha value is -1.89. The van der Waals surface area contributed by atoms with Crippen molar-refractivity contribution >= 4 is 27.5 Å². The number of carbonyl (C=O) groups excluding carboxylic acids is 1. The van der Waals surface area contributed by atoms with Crippen LogP contribution in [0.5, 0.6) is 0 Å². The van der Waals surface area contributed by atoms with Crippen molar-refractivity contribution in [2.75, 3.05) is 11.9 Å². The van der Waals surface area contributed by atoms with Crippen molar-refractivity contribution in [3.8, 4) is 0 Å². The molecule has 1 aromatic carbocycles. The molecule has 0 radical (unpaired) electrons. The van der Waals surface area contributed by atoms with E-state index in [9.17, 15) is 4.79 Å². The summed E-state index contributed by atoms with van der Waals surface area (Å²) in [5, 5.41) is 7.65. The Morgan fingerprint density at radius 1 is 1.24 bits per heavy atom. The average Bonchev–Trinajstić information content (AvgIpc) is 3.13. The molecular weight excluding hydrogens is 384 g/mol. The zero-order valence-electron chi connectivity index (χ0n) is 13.9. The first kappa shape index (κ1) is 16.6. The van der Waals surface area contributed by atoms with Crippen LogP contribution in [0.1, 0.15) is 55.0 Å². The molecule has 1 aromatic heterocycles. The molecule has 7 heteroatoms. The first-order valence-corrected chi connectivity index (χ1v) is 9.43. The van der Waals surface area contributed by atoms with Gasteiger partial charge in [0, 0.05) is 22.1 Å². The molecule has 0 atom stereocenters. The minimum absolute atomic E-state index is 0.0469. The Balaban J connectivity index is 1.44. The molecule has 5 rings (SSSR count). The lowest BCUT2D eigenvalue weighted by Crippen LogP contribution is -2.47. The van der Waals surface area contributed by atoms with Gasteiger partial charge in [-0.1, -0.05) is 27.2 Å².